The molecule has 6 heteroatoms. The van der Waals surface area contributed by atoms with Crippen molar-refractivity contribution in [3.05, 3.63) is 52.7 Å². The molecule has 0 radical (unpaired) electrons. The molecule has 3 rings (SSSR count). The Kier molecular flexibility index (Phi) is 3.35. The second-order valence-corrected chi connectivity index (χ2v) is 5.06. The zero-order valence-corrected chi connectivity index (χ0v) is 12.3. The summed E-state index contributed by atoms with van der Waals surface area (Å²) in [5, 5.41) is 8.93. The van der Waals surface area contributed by atoms with Crippen molar-refractivity contribution in [2.24, 2.45) is 0 Å². The summed E-state index contributed by atoms with van der Waals surface area (Å²) in [6.45, 7) is 1.97. The number of benzene rings is 1. The fourth-order valence-electron chi connectivity index (χ4n) is 2.15. The average molecular weight is 302 g/mol. The first kappa shape index (κ1) is 13.6. The summed E-state index contributed by atoms with van der Waals surface area (Å²) in [7, 11) is 1.35. The summed E-state index contributed by atoms with van der Waals surface area (Å²) >= 11 is 6.06. The molecule has 5 nitrogen and oxygen atoms in total. The van der Waals surface area contributed by atoms with Gasteiger partial charge in [-0.15, -0.1) is 10.2 Å². The van der Waals surface area contributed by atoms with Gasteiger partial charge >= 0.3 is 5.97 Å². The van der Waals surface area contributed by atoms with Gasteiger partial charge in [-0.2, -0.15) is 0 Å². The van der Waals surface area contributed by atoms with Crippen LogP contribution in [0.25, 0.3) is 17.0 Å². The Hall–Kier alpha value is -2.40. The van der Waals surface area contributed by atoms with Gasteiger partial charge in [0.05, 0.1) is 12.7 Å². The highest BCUT2D eigenvalue weighted by atomic mass is 35.5. The molecule has 0 aliphatic rings. The van der Waals surface area contributed by atoms with E-state index in [9.17, 15) is 4.79 Å². The van der Waals surface area contributed by atoms with E-state index in [1.165, 1.54) is 7.11 Å². The van der Waals surface area contributed by atoms with E-state index in [0.29, 0.717) is 22.1 Å². The van der Waals surface area contributed by atoms with Crippen LogP contribution in [0.15, 0.2) is 36.5 Å². The zero-order chi connectivity index (χ0) is 15.0. The second-order valence-electron chi connectivity index (χ2n) is 4.62. The highest BCUT2D eigenvalue weighted by Gasteiger charge is 2.13. The standard InChI is InChI=1S/C15H12ClN3O2/c1-9-3-5-11(16)7-12(9)14-18-17-13-6-4-10(8-19(13)14)15(20)21-2/h3-8H,1-2H3. The van der Waals surface area contributed by atoms with Crippen LogP contribution in [0.5, 0.6) is 0 Å². The summed E-state index contributed by atoms with van der Waals surface area (Å²) < 4.78 is 6.49. The van der Waals surface area contributed by atoms with Gasteiger partial charge in [-0.25, -0.2) is 4.79 Å². The molecular weight excluding hydrogens is 290 g/mol. The van der Waals surface area contributed by atoms with Gasteiger partial charge in [0.25, 0.3) is 0 Å². The highest BCUT2D eigenvalue weighted by Crippen LogP contribution is 2.26. The number of fused-ring (bicyclic) bond motifs is 1. The first-order chi connectivity index (χ1) is 10.1. The highest BCUT2D eigenvalue weighted by molar-refractivity contribution is 6.30. The first-order valence-corrected chi connectivity index (χ1v) is 6.67. The van der Waals surface area contributed by atoms with Gasteiger partial charge in [-0.3, -0.25) is 4.40 Å². The molecule has 0 spiro atoms. The van der Waals surface area contributed by atoms with Crippen molar-refractivity contribution >= 4 is 23.2 Å². The number of carbonyl (C=O) groups excluding carboxylic acids is 1. The Morgan fingerprint density at radius 3 is 2.81 bits per heavy atom. The maximum absolute atomic E-state index is 11.7. The monoisotopic (exact) mass is 301 g/mol. The lowest BCUT2D eigenvalue weighted by atomic mass is 10.1. The minimum atomic E-state index is -0.403. The number of hydrogen-bond donors (Lipinski definition) is 0. The third-order valence-electron chi connectivity index (χ3n) is 3.26. The van der Waals surface area contributed by atoms with Crippen LogP contribution >= 0.6 is 11.6 Å². The Morgan fingerprint density at radius 1 is 1.24 bits per heavy atom. The molecule has 0 aliphatic carbocycles. The minimum absolute atomic E-state index is 0.403. The van der Waals surface area contributed by atoms with E-state index in [0.717, 1.165) is 11.1 Å². The lowest BCUT2D eigenvalue weighted by Crippen LogP contribution is -2.03. The van der Waals surface area contributed by atoms with Crippen molar-refractivity contribution in [1.82, 2.24) is 14.6 Å². The molecule has 0 fully saturated rings. The molecule has 0 saturated heterocycles. The molecule has 0 bridgehead atoms. The van der Waals surface area contributed by atoms with Gasteiger partial charge in [0.2, 0.25) is 0 Å². The number of ether oxygens (including phenoxy) is 1. The molecule has 21 heavy (non-hydrogen) atoms. The number of aromatic nitrogens is 3. The van der Waals surface area contributed by atoms with Crippen molar-refractivity contribution in [3.8, 4) is 11.4 Å². The topological polar surface area (TPSA) is 56.5 Å². The molecular formula is C15H12ClN3O2. The molecule has 0 saturated carbocycles. The molecule has 2 heterocycles. The fourth-order valence-corrected chi connectivity index (χ4v) is 2.32. The van der Waals surface area contributed by atoms with E-state index in [1.807, 2.05) is 25.1 Å². The molecule has 0 aliphatic heterocycles. The van der Waals surface area contributed by atoms with Crippen LogP contribution in [0.4, 0.5) is 0 Å². The lowest BCUT2D eigenvalue weighted by Gasteiger charge is -2.06. The maximum Gasteiger partial charge on any atom is 0.339 e. The Balaban J connectivity index is 2.23. The van der Waals surface area contributed by atoms with Gasteiger partial charge in [0, 0.05) is 16.8 Å². The molecule has 0 N–H and O–H groups in total. The summed E-state index contributed by atoms with van der Waals surface area (Å²) in [6.07, 6.45) is 1.66. The van der Waals surface area contributed by atoms with Gasteiger partial charge in [0.15, 0.2) is 11.5 Å². The SMILES string of the molecule is COC(=O)c1ccc2nnc(-c3cc(Cl)ccc3C)n2c1. The molecule has 2 aromatic heterocycles. The van der Waals surface area contributed by atoms with Crippen LogP contribution in [0.1, 0.15) is 15.9 Å². The lowest BCUT2D eigenvalue weighted by molar-refractivity contribution is 0.0600. The number of hydrogen-bond acceptors (Lipinski definition) is 4. The molecule has 0 unspecified atom stereocenters. The number of methoxy groups -OCH3 is 1. The van der Waals surface area contributed by atoms with Crippen LogP contribution in [0.2, 0.25) is 5.02 Å². The molecule has 0 amide bonds. The summed E-state index contributed by atoms with van der Waals surface area (Å²) in [5.41, 5.74) is 2.98. The van der Waals surface area contributed by atoms with Gasteiger partial charge in [-0.1, -0.05) is 17.7 Å². The number of esters is 1. The smallest absolute Gasteiger partial charge is 0.339 e. The summed E-state index contributed by atoms with van der Waals surface area (Å²) in [5.74, 6) is 0.232. The molecule has 106 valence electrons. The van der Waals surface area contributed by atoms with Crippen molar-refractivity contribution in [2.45, 2.75) is 6.92 Å². The zero-order valence-electron chi connectivity index (χ0n) is 11.5. The number of rotatable bonds is 2. The molecule has 3 aromatic rings. The Morgan fingerprint density at radius 2 is 2.05 bits per heavy atom. The van der Waals surface area contributed by atoms with E-state index in [1.54, 1.807) is 22.7 Å². The van der Waals surface area contributed by atoms with Crippen molar-refractivity contribution < 1.29 is 9.53 Å². The summed E-state index contributed by atoms with van der Waals surface area (Å²) in [4.78, 5) is 11.7. The maximum atomic E-state index is 11.7. The van der Waals surface area contributed by atoms with E-state index < -0.39 is 5.97 Å². The predicted molar refractivity (Wildman–Crippen MR) is 79.5 cm³/mol. The van der Waals surface area contributed by atoms with Crippen LogP contribution in [-0.2, 0) is 4.74 Å². The van der Waals surface area contributed by atoms with Crippen molar-refractivity contribution in [1.29, 1.82) is 0 Å². The molecule has 1 aromatic carbocycles. The van der Waals surface area contributed by atoms with Gasteiger partial charge < -0.3 is 4.74 Å². The Bertz CT molecular complexity index is 842. The number of aryl methyl sites for hydroxylation is 1. The van der Waals surface area contributed by atoms with Gasteiger partial charge in [0.1, 0.15) is 0 Å². The van der Waals surface area contributed by atoms with Crippen LogP contribution in [0.3, 0.4) is 0 Å². The van der Waals surface area contributed by atoms with E-state index >= 15 is 0 Å². The Labute approximate surface area is 126 Å². The fraction of sp³-hybridized carbons (Fsp3) is 0.133. The van der Waals surface area contributed by atoms with Crippen molar-refractivity contribution in [3.63, 3.8) is 0 Å². The van der Waals surface area contributed by atoms with E-state index in [4.69, 9.17) is 16.3 Å². The second kappa shape index (κ2) is 5.18. The largest absolute Gasteiger partial charge is 0.465 e. The number of pyridine rings is 1. The first-order valence-electron chi connectivity index (χ1n) is 6.30. The average Bonchev–Trinajstić information content (AvgIpc) is 2.91. The van der Waals surface area contributed by atoms with Crippen LogP contribution < -0.4 is 0 Å². The third kappa shape index (κ3) is 2.36. The van der Waals surface area contributed by atoms with E-state index in [-0.39, 0.29) is 0 Å². The molecule has 0 atom stereocenters. The number of halogens is 1. The quantitative estimate of drug-likeness (QED) is 0.682. The van der Waals surface area contributed by atoms with Gasteiger partial charge in [-0.05, 0) is 36.8 Å². The predicted octanol–water partition coefficient (Wildman–Crippen LogP) is 3.14. The number of carbonyl (C=O) groups is 1. The number of nitrogens with zero attached hydrogens (tertiary/aromatic N) is 3. The minimum Gasteiger partial charge on any atom is -0.465 e. The van der Waals surface area contributed by atoms with Crippen LogP contribution in [0, 0.1) is 6.92 Å². The van der Waals surface area contributed by atoms with Crippen molar-refractivity contribution in [2.75, 3.05) is 7.11 Å². The normalized spacial score (nSPS) is 10.8. The van der Waals surface area contributed by atoms with Crippen LogP contribution in [-0.4, -0.2) is 27.7 Å². The third-order valence-corrected chi connectivity index (χ3v) is 3.50. The van der Waals surface area contributed by atoms with E-state index in [2.05, 4.69) is 10.2 Å². The summed E-state index contributed by atoms with van der Waals surface area (Å²) in [6, 6.07) is 8.96.